The van der Waals surface area contributed by atoms with E-state index in [1.165, 1.54) is 0 Å². The van der Waals surface area contributed by atoms with E-state index in [1.54, 1.807) is 13.4 Å². The minimum atomic E-state index is 0.766. The second-order valence-corrected chi connectivity index (χ2v) is 4.03. The van der Waals surface area contributed by atoms with Crippen LogP contribution in [0.25, 0.3) is 0 Å². The molecule has 2 rings (SSSR count). The zero-order valence-corrected chi connectivity index (χ0v) is 10.4. The first-order chi connectivity index (χ1) is 8.20. The number of hydrogen-bond donors (Lipinski definition) is 1. The Kier molecular flexibility index (Phi) is 3.32. The van der Waals surface area contributed by atoms with Crippen LogP contribution in [0.2, 0.25) is 0 Å². The number of hydrogen-bond acceptors (Lipinski definition) is 3. The van der Waals surface area contributed by atoms with Crippen LogP contribution in [0.4, 0.5) is 5.69 Å². The summed E-state index contributed by atoms with van der Waals surface area (Å²) < 4.78 is 7.23. The van der Waals surface area contributed by atoms with Gasteiger partial charge in [-0.25, -0.2) is 4.98 Å². The molecule has 0 saturated carbocycles. The summed E-state index contributed by atoms with van der Waals surface area (Å²) in [5.74, 6) is 0.913. The Labute approximate surface area is 101 Å². The van der Waals surface area contributed by atoms with Crippen molar-refractivity contribution in [3.63, 3.8) is 0 Å². The molecule has 0 bridgehead atoms. The van der Waals surface area contributed by atoms with Gasteiger partial charge in [-0.1, -0.05) is 0 Å². The van der Waals surface area contributed by atoms with Gasteiger partial charge in [-0.05, 0) is 30.7 Å². The SMILES string of the molecule is COc1ccc(NCc2cncn2C)cc1C. The Balaban J connectivity index is 2.05. The van der Waals surface area contributed by atoms with Crippen molar-refractivity contribution in [1.82, 2.24) is 9.55 Å². The number of aromatic nitrogens is 2. The van der Waals surface area contributed by atoms with Crippen LogP contribution in [-0.4, -0.2) is 16.7 Å². The lowest BCUT2D eigenvalue weighted by Gasteiger charge is -2.10. The summed E-state index contributed by atoms with van der Waals surface area (Å²) in [6, 6.07) is 6.07. The van der Waals surface area contributed by atoms with Gasteiger partial charge in [0.2, 0.25) is 0 Å². The molecule has 0 saturated heterocycles. The number of aryl methyl sites for hydroxylation is 2. The molecule has 0 aliphatic rings. The lowest BCUT2D eigenvalue weighted by atomic mass is 10.2. The Morgan fingerprint density at radius 1 is 1.41 bits per heavy atom. The average molecular weight is 231 g/mol. The summed E-state index contributed by atoms with van der Waals surface area (Å²) in [6.07, 6.45) is 3.67. The molecule has 0 unspecified atom stereocenters. The van der Waals surface area contributed by atoms with E-state index in [-0.39, 0.29) is 0 Å². The summed E-state index contributed by atoms with van der Waals surface area (Å²) in [4.78, 5) is 4.08. The monoisotopic (exact) mass is 231 g/mol. The summed E-state index contributed by atoms with van der Waals surface area (Å²) in [5.41, 5.74) is 3.37. The van der Waals surface area contributed by atoms with Crippen molar-refractivity contribution in [2.45, 2.75) is 13.5 Å². The molecule has 2 aromatic rings. The predicted octanol–water partition coefficient (Wildman–Crippen LogP) is 2.35. The van der Waals surface area contributed by atoms with Crippen LogP contribution in [0.5, 0.6) is 5.75 Å². The van der Waals surface area contributed by atoms with Crippen molar-refractivity contribution < 1.29 is 4.74 Å². The zero-order chi connectivity index (χ0) is 12.3. The summed E-state index contributed by atoms with van der Waals surface area (Å²) in [5, 5.41) is 3.36. The maximum atomic E-state index is 5.23. The Bertz CT molecular complexity index is 505. The molecule has 0 atom stereocenters. The normalized spacial score (nSPS) is 10.3. The minimum Gasteiger partial charge on any atom is -0.496 e. The summed E-state index contributed by atoms with van der Waals surface area (Å²) in [6.45, 7) is 2.80. The lowest BCUT2D eigenvalue weighted by Crippen LogP contribution is -2.04. The number of methoxy groups -OCH3 is 1. The molecular weight excluding hydrogens is 214 g/mol. The number of nitrogens with zero attached hydrogens (tertiary/aromatic N) is 2. The smallest absolute Gasteiger partial charge is 0.121 e. The minimum absolute atomic E-state index is 0.766. The Morgan fingerprint density at radius 2 is 2.24 bits per heavy atom. The van der Waals surface area contributed by atoms with E-state index in [2.05, 4.69) is 16.4 Å². The highest BCUT2D eigenvalue weighted by Gasteiger charge is 2.01. The molecule has 90 valence electrons. The van der Waals surface area contributed by atoms with Crippen molar-refractivity contribution in [3.05, 3.63) is 42.0 Å². The summed E-state index contributed by atoms with van der Waals surface area (Å²) >= 11 is 0. The van der Waals surface area contributed by atoms with E-state index < -0.39 is 0 Å². The van der Waals surface area contributed by atoms with E-state index in [4.69, 9.17) is 4.74 Å². The number of anilines is 1. The largest absolute Gasteiger partial charge is 0.496 e. The van der Waals surface area contributed by atoms with Crippen molar-refractivity contribution in [2.24, 2.45) is 7.05 Å². The molecule has 0 aliphatic carbocycles. The topological polar surface area (TPSA) is 39.1 Å². The molecule has 0 aliphatic heterocycles. The Morgan fingerprint density at radius 3 is 2.82 bits per heavy atom. The molecule has 1 aromatic heterocycles. The molecule has 0 spiro atoms. The van der Waals surface area contributed by atoms with Crippen LogP contribution >= 0.6 is 0 Å². The highest BCUT2D eigenvalue weighted by molar-refractivity contribution is 5.50. The molecule has 1 aromatic carbocycles. The van der Waals surface area contributed by atoms with E-state index in [0.29, 0.717) is 0 Å². The van der Waals surface area contributed by atoms with Gasteiger partial charge >= 0.3 is 0 Å². The average Bonchev–Trinajstić information content (AvgIpc) is 2.72. The number of ether oxygens (including phenoxy) is 1. The predicted molar refractivity (Wildman–Crippen MR) is 68.3 cm³/mol. The van der Waals surface area contributed by atoms with Crippen LogP contribution < -0.4 is 10.1 Å². The van der Waals surface area contributed by atoms with Crippen LogP contribution in [0.1, 0.15) is 11.3 Å². The third-order valence-electron chi connectivity index (χ3n) is 2.78. The first-order valence-electron chi connectivity index (χ1n) is 5.54. The molecule has 4 nitrogen and oxygen atoms in total. The summed E-state index contributed by atoms with van der Waals surface area (Å²) in [7, 11) is 3.67. The maximum Gasteiger partial charge on any atom is 0.121 e. The van der Waals surface area contributed by atoms with E-state index in [1.807, 2.05) is 36.9 Å². The van der Waals surface area contributed by atoms with Gasteiger partial charge in [-0.2, -0.15) is 0 Å². The van der Waals surface area contributed by atoms with E-state index in [9.17, 15) is 0 Å². The van der Waals surface area contributed by atoms with Gasteiger partial charge in [-0.15, -0.1) is 0 Å². The molecule has 0 radical (unpaired) electrons. The quantitative estimate of drug-likeness (QED) is 0.878. The molecule has 0 amide bonds. The molecule has 1 N–H and O–H groups in total. The fraction of sp³-hybridized carbons (Fsp3) is 0.308. The van der Waals surface area contributed by atoms with Crippen molar-refractivity contribution in [1.29, 1.82) is 0 Å². The maximum absolute atomic E-state index is 5.23. The molecule has 4 heteroatoms. The Hall–Kier alpha value is -1.97. The molecule has 1 heterocycles. The number of rotatable bonds is 4. The van der Waals surface area contributed by atoms with Crippen molar-refractivity contribution >= 4 is 5.69 Å². The second-order valence-electron chi connectivity index (χ2n) is 4.03. The van der Waals surface area contributed by atoms with Gasteiger partial charge in [-0.3, -0.25) is 0 Å². The van der Waals surface area contributed by atoms with Gasteiger partial charge in [0.1, 0.15) is 5.75 Å². The lowest BCUT2D eigenvalue weighted by molar-refractivity contribution is 0.412. The fourth-order valence-electron chi connectivity index (χ4n) is 1.74. The third kappa shape index (κ3) is 2.58. The standard InChI is InChI=1S/C13H17N3O/c1-10-6-11(4-5-13(10)17-3)15-8-12-7-14-9-16(12)2/h4-7,9,15H,8H2,1-3H3. The van der Waals surface area contributed by atoms with Crippen LogP contribution in [-0.2, 0) is 13.6 Å². The highest BCUT2D eigenvalue weighted by Crippen LogP contribution is 2.21. The highest BCUT2D eigenvalue weighted by atomic mass is 16.5. The number of imidazole rings is 1. The van der Waals surface area contributed by atoms with Crippen molar-refractivity contribution in [2.75, 3.05) is 12.4 Å². The van der Waals surface area contributed by atoms with Gasteiger partial charge in [0.05, 0.1) is 25.7 Å². The van der Waals surface area contributed by atoms with Crippen molar-refractivity contribution in [3.8, 4) is 5.75 Å². The van der Waals surface area contributed by atoms with E-state index >= 15 is 0 Å². The van der Waals surface area contributed by atoms with Gasteiger partial charge in [0.25, 0.3) is 0 Å². The first-order valence-corrected chi connectivity index (χ1v) is 5.54. The third-order valence-corrected chi connectivity index (χ3v) is 2.78. The fourth-order valence-corrected chi connectivity index (χ4v) is 1.74. The van der Waals surface area contributed by atoms with Crippen LogP contribution in [0, 0.1) is 6.92 Å². The number of benzene rings is 1. The number of nitrogens with one attached hydrogen (secondary N) is 1. The molecule has 0 fully saturated rings. The molecule has 17 heavy (non-hydrogen) atoms. The van der Waals surface area contributed by atoms with E-state index in [0.717, 1.165) is 29.2 Å². The zero-order valence-electron chi connectivity index (χ0n) is 10.4. The molecular formula is C13H17N3O. The van der Waals surface area contributed by atoms with Crippen LogP contribution in [0.15, 0.2) is 30.7 Å². The second kappa shape index (κ2) is 4.91. The van der Waals surface area contributed by atoms with Crippen LogP contribution in [0.3, 0.4) is 0 Å². The van der Waals surface area contributed by atoms with Gasteiger partial charge < -0.3 is 14.6 Å². The van der Waals surface area contributed by atoms with Gasteiger partial charge in [0, 0.05) is 18.9 Å². The first kappa shape index (κ1) is 11.5. The van der Waals surface area contributed by atoms with Gasteiger partial charge in [0.15, 0.2) is 0 Å².